The molecular weight excluding hydrogens is 417 g/mol. The Kier molecular flexibility index (Phi) is 6.60. The van der Waals surface area contributed by atoms with E-state index in [9.17, 15) is 0 Å². The van der Waals surface area contributed by atoms with Crippen molar-refractivity contribution in [2.45, 2.75) is 51.1 Å². The highest BCUT2D eigenvalue weighted by Gasteiger charge is 2.48. The smallest absolute Gasteiger partial charge is 0.189 e. The van der Waals surface area contributed by atoms with Crippen LogP contribution in [-0.2, 0) is 6.54 Å². The fraction of sp³-hybridized carbons (Fsp3) is 0.611. The maximum atomic E-state index is 6.09. The maximum absolute atomic E-state index is 6.09. The molecule has 0 radical (unpaired) electrons. The molecule has 1 atom stereocenters. The number of benzene rings is 1. The average molecular weight is 445 g/mol. The first-order valence-electron chi connectivity index (χ1n) is 8.44. The standard InChI is InChI=1S/C18H27N3O2.HI/c1-22-14-6-5-13(11-15(14)23-2)12-20-17(19)21-16-7-10-18(16)8-3-4-9-18;/h5-6,11,16H,3-4,7-10,12H2,1-2H3,(H3,19,20,21);1H. The maximum Gasteiger partial charge on any atom is 0.189 e. The number of halogens is 1. The lowest BCUT2D eigenvalue weighted by Crippen LogP contribution is -2.55. The van der Waals surface area contributed by atoms with Crippen LogP contribution < -0.4 is 20.5 Å². The summed E-state index contributed by atoms with van der Waals surface area (Å²) in [5.74, 6) is 2.00. The van der Waals surface area contributed by atoms with E-state index < -0.39 is 0 Å². The lowest BCUT2D eigenvalue weighted by Gasteiger charge is -2.47. The second-order valence-electron chi connectivity index (χ2n) is 6.70. The highest BCUT2D eigenvalue weighted by molar-refractivity contribution is 14.0. The van der Waals surface area contributed by atoms with Crippen LogP contribution >= 0.6 is 24.0 Å². The molecule has 1 aromatic carbocycles. The van der Waals surface area contributed by atoms with Gasteiger partial charge in [0.05, 0.1) is 20.8 Å². The van der Waals surface area contributed by atoms with E-state index in [0.29, 0.717) is 24.0 Å². The number of hydrogen-bond donors (Lipinski definition) is 2. The van der Waals surface area contributed by atoms with Gasteiger partial charge in [-0.2, -0.15) is 0 Å². The number of aliphatic imine (C=N–C) groups is 1. The SMILES string of the molecule is COc1ccc(CN=C(N)NC2CCC23CCCC3)cc1OC.I. The van der Waals surface area contributed by atoms with E-state index in [0.717, 1.165) is 17.1 Å². The molecule has 0 aromatic heterocycles. The second kappa shape index (κ2) is 8.27. The molecular formula is C18H28IN3O2. The predicted octanol–water partition coefficient (Wildman–Crippen LogP) is 3.45. The fourth-order valence-electron chi connectivity index (χ4n) is 3.98. The van der Waals surface area contributed by atoms with E-state index in [1.54, 1.807) is 14.2 Å². The normalized spacial score (nSPS) is 21.8. The molecule has 3 N–H and O–H groups in total. The molecule has 6 heteroatoms. The fourth-order valence-corrected chi connectivity index (χ4v) is 3.98. The molecule has 3 rings (SSSR count). The first kappa shape index (κ1) is 19.1. The molecule has 1 unspecified atom stereocenters. The van der Waals surface area contributed by atoms with E-state index in [1.165, 1.54) is 38.5 Å². The van der Waals surface area contributed by atoms with E-state index in [2.05, 4.69) is 10.3 Å². The molecule has 2 aliphatic carbocycles. The zero-order chi connectivity index (χ0) is 16.3. The lowest BCUT2D eigenvalue weighted by atomic mass is 9.63. The first-order chi connectivity index (χ1) is 11.2. The van der Waals surface area contributed by atoms with Gasteiger partial charge in [0.2, 0.25) is 0 Å². The van der Waals surface area contributed by atoms with Gasteiger partial charge in [0.1, 0.15) is 0 Å². The summed E-state index contributed by atoms with van der Waals surface area (Å²) in [6.07, 6.45) is 7.96. The van der Waals surface area contributed by atoms with Gasteiger partial charge in [-0.15, -0.1) is 24.0 Å². The van der Waals surface area contributed by atoms with Crippen molar-refractivity contribution in [3.63, 3.8) is 0 Å². The Balaban J connectivity index is 0.00000208. The molecule has 2 aliphatic rings. The monoisotopic (exact) mass is 445 g/mol. The zero-order valence-electron chi connectivity index (χ0n) is 14.5. The Morgan fingerprint density at radius 2 is 1.92 bits per heavy atom. The van der Waals surface area contributed by atoms with E-state index in [1.807, 2.05) is 18.2 Å². The largest absolute Gasteiger partial charge is 0.493 e. The van der Waals surface area contributed by atoms with Crippen LogP contribution in [0.3, 0.4) is 0 Å². The Morgan fingerprint density at radius 3 is 2.50 bits per heavy atom. The molecule has 1 aromatic rings. The average Bonchev–Trinajstić information content (AvgIpc) is 3.09. The molecule has 1 spiro atoms. The van der Waals surface area contributed by atoms with Crippen molar-refractivity contribution in [2.24, 2.45) is 16.1 Å². The van der Waals surface area contributed by atoms with Crippen molar-refractivity contribution in [3.8, 4) is 11.5 Å². The van der Waals surface area contributed by atoms with Crippen LogP contribution in [0.2, 0.25) is 0 Å². The third-order valence-electron chi connectivity index (χ3n) is 5.47. The molecule has 0 bridgehead atoms. The van der Waals surface area contributed by atoms with Crippen LogP contribution in [0.4, 0.5) is 0 Å². The summed E-state index contributed by atoms with van der Waals surface area (Å²) in [5.41, 5.74) is 7.65. The van der Waals surface area contributed by atoms with Gasteiger partial charge in [0.25, 0.3) is 0 Å². The molecule has 0 saturated heterocycles. The number of rotatable bonds is 5. The van der Waals surface area contributed by atoms with Gasteiger partial charge >= 0.3 is 0 Å². The predicted molar refractivity (Wildman–Crippen MR) is 107 cm³/mol. The minimum absolute atomic E-state index is 0. The second-order valence-corrected chi connectivity index (χ2v) is 6.70. The number of methoxy groups -OCH3 is 2. The molecule has 134 valence electrons. The minimum atomic E-state index is 0. The van der Waals surface area contributed by atoms with Crippen molar-refractivity contribution >= 4 is 29.9 Å². The molecule has 0 aliphatic heterocycles. The minimum Gasteiger partial charge on any atom is -0.493 e. The third-order valence-corrected chi connectivity index (χ3v) is 5.47. The van der Waals surface area contributed by atoms with E-state index >= 15 is 0 Å². The van der Waals surface area contributed by atoms with Crippen molar-refractivity contribution < 1.29 is 9.47 Å². The first-order valence-corrected chi connectivity index (χ1v) is 8.44. The third kappa shape index (κ3) is 3.90. The summed E-state index contributed by atoms with van der Waals surface area (Å²) in [6.45, 7) is 0.541. The Labute approximate surface area is 161 Å². The van der Waals surface area contributed by atoms with Gasteiger partial charge in [0.15, 0.2) is 17.5 Å². The molecule has 0 heterocycles. The van der Waals surface area contributed by atoms with Crippen LogP contribution in [0.25, 0.3) is 0 Å². The summed E-state index contributed by atoms with van der Waals surface area (Å²) in [5, 5.41) is 3.44. The quantitative estimate of drug-likeness (QED) is 0.414. The molecule has 0 amide bonds. The summed E-state index contributed by atoms with van der Waals surface area (Å²) in [6, 6.07) is 6.34. The number of hydrogen-bond acceptors (Lipinski definition) is 3. The lowest BCUT2D eigenvalue weighted by molar-refractivity contribution is 0.0872. The van der Waals surface area contributed by atoms with Gasteiger partial charge in [-0.3, -0.25) is 0 Å². The topological polar surface area (TPSA) is 68.9 Å². The highest BCUT2D eigenvalue weighted by atomic mass is 127. The van der Waals surface area contributed by atoms with Crippen molar-refractivity contribution in [1.29, 1.82) is 0 Å². The van der Waals surface area contributed by atoms with Gasteiger partial charge < -0.3 is 20.5 Å². The van der Waals surface area contributed by atoms with Crippen LogP contribution in [0.1, 0.15) is 44.1 Å². The van der Waals surface area contributed by atoms with Crippen LogP contribution in [0.5, 0.6) is 11.5 Å². The van der Waals surface area contributed by atoms with Gasteiger partial charge in [-0.1, -0.05) is 18.9 Å². The summed E-state index contributed by atoms with van der Waals surface area (Å²) in [7, 11) is 3.27. The van der Waals surface area contributed by atoms with Crippen LogP contribution in [-0.4, -0.2) is 26.2 Å². The Morgan fingerprint density at radius 1 is 1.21 bits per heavy atom. The number of nitrogens with zero attached hydrogens (tertiary/aromatic N) is 1. The van der Waals surface area contributed by atoms with Crippen molar-refractivity contribution in [3.05, 3.63) is 23.8 Å². The molecule has 2 fully saturated rings. The van der Waals surface area contributed by atoms with Gasteiger partial charge in [-0.25, -0.2) is 4.99 Å². The van der Waals surface area contributed by atoms with Gasteiger partial charge in [-0.05, 0) is 48.8 Å². The number of nitrogens with two attached hydrogens (primary N) is 1. The van der Waals surface area contributed by atoms with Crippen LogP contribution in [0.15, 0.2) is 23.2 Å². The van der Waals surface area contributed by atoms with Crippen molar-refractivity contribution in [1.82, 2.24) is 5.32 Å². The molecule has 24 heavy (non-hydrogen) atoms. The number of ether oxygens (including phenoxy) is 2. The van der Waals surface area contributed by atoms with E-state index in [-0.39, 0.29) is 24.0 Å². The Bertz CT molecular complexity index is 586. The summed E-state index contributed by atoms with van der Waals surface area (Å²) in [4.78, 5) is 4.49. The number of guanidine groups is 1. The zero-order valence-corrected chi connectivity index (χ0v) is 16.8. The summed E-state index contributed by atoms with van der Waals surface area (Å²) >= 11 is 0. The van der Waals surface area contributed by atoms with Gasteiger partial charge in [0, 0.05) is 6.04 Å². The number of nitrogens with one attached hydrogen (secondary N) is 1. The highest BCUT2D eigenvalue weighted by Crippen LogP contribution is 2.53. The molecule has 2 saturated carbocycles. The molecule has 5 nitrogen and oxygen atoms in total. The van der Waals surface area contributed by atoms with E-state index in [4.69, 9.17) is 15.2 Å². The van der Waals surface area contributed by atoms with Crippen molar-refractivity contribution in [2.75, 3.05) is 14.2 Å². The van der Waals surface area contributed by atoms with Crippen LogP contribution in [0, 0.1) is 5.41 Å². The summed E-state index contributed by atoms with van der Waals surface area (Å²) < 4.78 is 10.6. The Hall–Kier alpha value is -1.18.